The maximum atomic E-state index is 8.89. The molecule has 2 aliphatic carbocycles. The van der Waals surface area contributed by atoms with Crippen molar-refractivity contribution >= 4 is 0 Å². The third kappa shape index (κ3) is 2.29. The predicted molar refractivity (Wildman–Crippen MR) is 58.1 cm³/mol. The molecule has 2 fully saturated rings. The molecule has 0 radical (unpaired) electrons. The third-order valence-corrected chi connectivity index (χ3v) is 4.10. The Balaban J connectivity index is 1.62. The zero-order chi connectivity index (χ0) is 9.97. The van der Waals surface area contributed by atoms with Crippen LogP contribution in [0.1, 0.15) is 32.6 Å². The SMILES string of the molecule is CC(CO)CNCC1CC2CCC1C2. The van der Waals surface area contributed by atoms with Gasteiger partial charge in [0.15, 0.2) is 0 Å². The van der Waals surface area contributed by atoms with Gasteiger partial charge in [0.1, 0.15) is 0 Å². The third-order valence-electron chi connectivity index (χ3n) is 4.10. The highest BCUT2D eigenvalue weighted by molar-refractivity contribution is 4.90. The molecule has 0 amide bonds. The van der Waals surface area contributed by atoms with E-state index in [9.17, 15) is 0 Å². The van der Waals surface area contributed by atoms with Crippen LogP contribution in [-0.2, 0) is 0 Å². The second-order valence-corrected chi connectivity index (χ2v) is 5.38. The van der Waals surface area contributed by atoms with E-state index in [-0.39, 0.29) is 0 Å². The molecule has 2 heteroatoms. The van der Waals surface area contributed by atoms with Crippen LogP contribution in [-0.4, -0.2) is 24.8 Å². The smallest absolute Gasteiger partial charge is 0.0468 e. The van der Waals surface area contributed by atoms with Crippen LogP contribution in [0.4, 0.5) is 0 Å². The van der Waals surface area contributed by atoms with Crippen LogP contribution >= 0.6 is 0 Å². The quantitative estimate of drug-likeness (QED) is 0.702. The first-order valence-corrected chi connectivity index (χ1v) is 6.11. The van der Waals surface area contributed by atoms with Gasteiger partial charge in [-0.15, -0.1) is 0 Å². The van der Waals surface area contributed by atoms with Gasteiger partial charge < -0.3 is 10.4 Å². The van der Waals surface area contributed by atoms with E-state index in [1.54, 1.807) is 0 Å². The van der Waals surface area contributed by atoms with Gasteiger partial charge in [0.25, 0.3) is 0 Å². The topological polar surface area (TPSA) is 32.3 Å². The first-order valence-electron chi connectivity index (χ1n) is 6.11. The Kier molecular flexibility index (Phi) is 3.45. The number of fused-ring (bicyclic) bond motifs is 2. The molecule has 4 atom stereocenters. The molecule has 0 aliphatic heterocycles. The second kappa shape index (κ2) is 4.63. The zero-order valence-corrected chi connectivity index (χ0v) is 9.21. The Morgan fingerprint density at radius 2 is 2.21 bits per heavy atom. The summed E-state index contributed by atoms with van der Waals surface area (Å²) in [6.45, 7) is 4.56. The first kappa shape index (κ1) is 10.4. The van der Waals surface area contributed by atoms with Gasteiger partial charge in [-0.1, -0.05) is 13.3 Å². The number of nitrogens with one attached hydrogen (secondary N) is 1. The standard InChI is InChI=1S/C12H23NO/c1-9(8-14)6-13-7-12-5-10-2-3-11(12)4-10/h9-14H,2-8H2,1H3. The lowest BCUT2D eigenvalue weighted by atomic mass is 9.89. The number of aliphatic hydroxyl groups excluding tert-OH is 1. The van der Waals surface area contributed by atoms with Gasteiger partial charge in [-0.2, -0.15) is 0 Å². The molecule has 2 nitrogen and oxygen atoms in total. The van der Waals surface area contributed by atoms with Crippen molar-refractivity contribution in [3.05, 3.63) is 0 Å². The average molecular weight is 197 g/mol. The van der Waals surface area contributed by atoms with Crippen LogP contribution in [0.2, 0.25) is 0 Å². The van der Waals surface area contributed by atoms with Crippen molar-refractivity contribution in [2.75, 3.05) is 19.7 Å². The van der Waals surface area contributed by atoms with Crippen molar-refractivity contribution in [2.45, 2.75) is 32.6 Å². The van der Waals surface area contributed by atoms with E-state index in [0.29, 0.717) is 12.5 Å². The van der Waals surface area contributed by atoms with E-state index in [1.165, 1.54) is 32.2 Å². The molecule has 2 N–H and O–H groups in total. The highest BCUT2D eigenvalue weighted by atomic mass is 16.3. The second-order valence-electron chi connectivity index (χ2n) is 5.38. The highest BCUT2D eigenvalue weighted by Gasteiger charge is 2.38. The fourth-order valence-corrected chi connectivity index (χ4v) is 3.21. The Morgan fingerprint density at radius 3 is 2.79 bits per heavy atom. The summed E-state index contributed by atoms with van der Waals surface area (Å²) in [5.41, 5.74) is 0. The number of hydrogen-bond acceptors (Lipinski definition) is 2. The van der Waals surface area contributed by atoms with Crippen molar-refractivity contribution in [3.63, 3.8) is 0 Å². The molecule has 0 aromatic rings. The van der Waals surface area contributed by atoms with E-state index < -0.39 is 0 Å². The molecule has 0 heterocycles. The minimum absolute atomic E-state index is 0.309. The van der Waals surface area contributed by atoms with Crippen LogP contribution in [0.15, 0.2) is 0 Å². The molecule has 0 aromatic carbocycles. The fourth-order valence-electron chi connectivity index (χ4n) is 3.21. The Morgan fingerprint density at radius 1 is 1.36 bits per heavy atom. The maximum Gasteiger partial charge on any atom is 0.0468 e. The van der Waals surface area contributed by atoms with Gasteiger partial charge in [-0.3, -0.25) is 0 Å². The van der Waals surface area contributed by atoms with Crippen molar-refractivity contribution < 1.29 is 5.11 Å². The summed E-state index contributed by atoms with van der Waals surface area (Å²) in [7, 11) is 0. The molecule has 0 saturated heterocycles. The van der Waals surface area contributed by atoms with Crippen molar-refractivity contribution in [1.82, 2.24) is 5.32 Å². The highest BCUT2D eigenvalue weighted by Crippen LogP contribution is 2.47. The van der Waals surface area contributed by atoms with E-state index in [0.717, 1.165) is 24.3 Å². The fraction of sp³-hybridized carbons (Fsp3) is 1.00. The van der Waals surface area contributed by atoms with Gasteiger partial charge in [0.05, 0.1) is 0 Å². The van der Waals surface area contributed by atoms with Crippen LogP contribution in [0.25, 0.3) is 0 Å². The minimum atomic E-state index is 0.309. The van der Waals surface area contributed by atoms with Crippen LogP contribution in [0.3, 0.4) is 0 Å². The van der Waals surface area contributed by atoms with E-state index in [1.807, 2.05) is 0 Å². The molecular weight excluding hydrogens is 174 g/mol. The summed E-state index contributed by atoms with van der Waals surface area (Å²) in [6, 6.07) is 0. The Bertz CT molecular complexity index is 183. The molecular formula is C12H23NO. The lowest BCUT2D eigenvalue weighted by Crippen LogP contribution is -2.30. The van der Waals surface area contributed by atoms with Crippen molar-refractivity contribution in [3.8, 4) is 0 Å². The largest absolute Gasteiger partial charge is 0.396 e. The van der Waals surface area contributed by atoms with E-state index in [4.69, 9.17) is 5.11 Å². The monoisotopic (exact) mass is 197 g/mol. The molecule has 2 saturated carbocycles. The average Bonchev–Trinajstić information content (AvgIpc) is 2.79. The zero-order valence-electron chi connectivity index (χ0n) is 9.21. The van der Waals surface area contributed by atoms with E-state index in [2.05, 4.69) is 12.2 Å². The lowest BCUT2D eigenvalue weighted by molar-refractivity contribution is 0.228. The summed E-state index contributed by atoms with van der Waals surface area (Å²) in [5, 5.41) is 12.4. The number of rotatable bonds is 5. The molecule has 4 unspecified atom stereocenters. The predicted octanol–water partition coefficient (Wildman–Crippen LogP) is 1.64. The van der Waals surface area contributed by atoms with Gasteiger partial charge in [0.2, 0.25) is 0 Å². The summed E-state index contributed by atoms with van der Waals surface area (Å²) < 4.78 is 0. The molecule has 0 spiro atoms. The molecule has 0 aromatic heterocycles. The number of aliphatic hydroxyl groups is 1. The van der Waals surface area contributed by atoms with Crippen molar-refractivity contribution in [2.24, 2.45) is 23.7 Å². The molecule has 2 bridgehead atoms. The normalized spacial score (nSPS) is 37.7. The Hall–Kier alpha value is -0.0800. The molecule has 14 heavy (non-hydrogen) atoms. The number of hydrogen-bond donors (Lipinski definition) is 2. The van der Waals surface area contributed by atoms with Gasteiger partial charge in [0, 0.05) is 6.61 Å². The van der Waals surface area contributed by atoms with Gasteiger partial charge in [-0.05, 0) is 56.0 Å². The van der Waals surface area contributed by atoms with Gasteiger partial charge in [-0.25, -0.2) is 0 Å². The minimum Gasteiger partial charge on any atom is -0.396 e. The first-order chi connectivity index (χ1) is 6.79. The molecule has 2 rings (SSSR count). The maximum absolute atomic E-state index is 8.89. The van der Waals surface area contributed by atoms with Crippen LogP contribution in [0, 0.1) is 23.7 Å². The van der Waals surface area contributed by atoms with Gasteiger partial charge >= 0.3 is 0 Å². The lowest BCUT2D eigenvalue weighted by Gasteiger charge is -2.22. The van der Waals surface area contributed by atoms with Crippen LogP contribution < -0.4 is 5.32 Å². The molecule has 82 valence electrons. The van der Waals surface area contributed by atoms with Crippen molar-refractivity contribution in [1.29, 1.82) is 0 Å². The Labute approximate surface area is 87.1 Å². The van der Waals surface area contributed by atoms with Crippen LogP contribution in [0.5, 0.6) is 0 Å². The summed E-state index contributed by atoms with van der Waals surface area (Å²) >= 11 is 0. The molecule has 2 aliphatic rings. The van der Waals surface area contributed by atoms with E-state index >= 15 is 0 Å². The summed E-state index contributed by atoms with van der Waals surface area (Å²) in [4.78, 5) is 0. The summed E-state index contributed by atoms with van der Waals surface area (Å²) in [6.07, 6.45) is 5.94. The summed E-state index contributed by atoms with van der Waals surface area (Å²) in [5.74, 6) is 3.44.